The van der Waals surface area contributed by atoms with Gasteiger partial charge in [0, 0.05) is 24.2 Å². The Kier molecular flexibility index (Phi) is 6.45. The largest absolute Gasteiger partial charge is 0.496 e. The number of nitrogens with one attached hydrogen (secondary N) is 2. The second-order valence-electron chi connectivity index (χ2n) is 7.30. The van der Waals surface area contributed by atoms with E-state index >= 15 is 0 Å². The molecule has 2 atom stereocenters. The number of ether oxygens (including phenoxy) is 1. The van der Waals surface area contributed by atoms with Crippen molar-refractivity contribution in [2.45, 2.75) is 44.4 Å². The normalized spacial score (nSPS) is 19.4. The molecule has 3 N–H and O–H groups in total. The Morgan fingerprint density at radius 2 is 2.07 bits per heavy atom. The Labute approximate surface area is 171 Å². The van der Waals surface area contributed by atoms with Crippen LogP contribution in [0.5, 0.6) is 5.75 Å². The number of alkyl halides is 3. The predicted molar refractivity (Wildman–Crippen MR) is 104 cm³/mol. The average molecular weight is 424 g/mol. The first-order valence-corrected chi connectivity index (χ1v) is 9.49. The number of aromatic nitrogens is 2. The zero-order valence-corrected chi connectivity index (χ0v) is 16.6. The molecule has 1 fully saturated rings. The highest BCUT2D eigenvalue weighted by Gasteiger charge is 2.31. The van der Waals surface area contributed by atoms with E-state index in [4.69, 9.17) is 9.84 Å². The molecule has 0 radical (unpaired) electrons. The quantitative estimate of drug-likeness (QED) is 0.653. The third kappa shape index (κ3) is 5.18. The molecule has 0 spiro atoms. The highest BCUT2D eigenvalue weighted by atomic mass is 19.4. The molecular weight excluding hydrogens is 401 g/mol. The molecule has 10 heteroatoms. The third-order valence-electron chi connectivity index (χ3n) is 5.06. The molecule has 0 bridgehead atoms. The summed E-state index contributed by atoms with van der Waals surface area (Å²) in [5, 5.41) is 23.7. The summed E-state index contributed by atoms with van der Waals surface area (Å²) >= 11 is 0. The van der Waals surface area contributed by atoms with Crippen LogP contribution >= 0.6 is 0 Å². The van der Waals surface area contributed by atoms with Gasteiger partial charge in [-0.1, -0.05) is 0 Å². The van der Waals surface area contributed by atoms with Crippen LogP contribution in [0.25, 0.3) is 11.3 Å². The Morgan fingerprint density at radius 3 is 2.63 bits per heavy atom. The molecule has 1 aliphatic heterocycles. The van der Waals surface area contributed by atoms with E-state index in [9.17, 15) is 18.0 Å². The van der Waals surface area contributed by atoms with Gasteiger partial charge in [-0.25, -0.2) is 0 Å². The lowest BCUT2D eigenvalue weighted by molar-refractivity contribution is -0.138. The van der Waals surface area contributed by atoms with Gasteiger partial charge in [0.05, 0.1) is 24.8 Å². The monoisotopic (exact) mass is 424 g/mol. The van der Waals surface area contributed by atoms with Crippen molar-refractivity contribution < 1.29 is 27.8 Å². The molecule has 1 unspecified atom stereocenters. The van der Waals surface area contributed by atoms with Crippen LogP contribution in [0.1, 0.15) is 30.4 Å². The van der Waals surface area contributed by atoms with Gasteiger partial charge in [-0.15, -0.1) is 10.2 Å². The van der Waals surface area contributed by atoms with Gasteiger partial charge in [0.2, 0.25) is 0 Å². The summed E-state index contributed by atoms with van der Waals surface area (Å²) in [5.74, 6) is -0.204. The summed E-state index contributed by atoms with van der Waals surface area (Å²) in [6, 6.07) is 5.09. The van der Waals surface area contributed by atoms with E-state index in [1.807, 2.05) is 0 Å². The lowest BCUT2D eigenvalue weighted by Gasteiger charge is -2.30. The fraction of sp³-hybridized carbons (Fsp3) is 0.450. The number of nitrogens with zero attached hydrogens (tertiary/aromatic N) is 2. The van der Waals surface area contributed by atoms with Gasteiger partial charge in [0.1, 0.15) is 11.6 Å². The summed E-state index contributed by atoms with van der Waals surface area (Å²) in [6.07, 6.45) is -2.84. The smallest absolute Gasteiger partial charge is 0.416 e. The molecule has 0 amide bonds. The number of carboxylic acids is 1. The maximum atomic E-state index is 13.0. The maximum Gasteiger partial charge on any atom is 0.416 e. The van der Waals surface area contributed by atoms with Gasteiger partial charge in [-0.2, -0.15) is 13.2 Å². The minimum atomic E-state index is -4.46. The fourth-order valence-corrected chi connectivity index (χ4v) is 3.52. The maximum absolute atomic E-state index is 13.0. The highest BCUT2D eigenvalue weighted by molar-refractivity contribution is 5.71. The van der Waals surface area contributed by atoms with E-state index in [0.29, 0.717) is 23.6 Å². The third-order valence-corrected chi connectivity index (χ3v) is 5.06. The van der Waals surface area contributed by atoms with Gasteiger partial charge in [-0.3, -0.25) is 4.79 Å². The number of halogens is 3. The minimum absolute atomic E-state index is 0.0390. The first kappa shape index (κ1) is 21.8. The van der Waals surface area contributed by atoms with Gasteiger partial charge in [-0.05, 0) is 49.6 Å². The number of carboxylic acid groups (broad SMARTS) is 1. The Morgan fingerprint density at radius 1 is 1.30 bits per heavy atom. The Balaban J connectivity index is 1.73. The molecule has 7 nitrogen and oxygen atoms in total. The number of aryl methyl sites for hydroxylation is 1. The van der Waals surface area contributed by atoms with Crippen LogP contribution in [0.4, 0.5) is 19.0 Å². The molecule has 1 aliphatic rings. The number of carbonyl (C=O) groups is 1. The predicted octanol–water partition coefficient (Wildman–Crippen LogP) is 3.49. The number of aliphatic carboxylic acids is 1. The second kappa shape index (κ2) is 8.86. The molecule has 2 aromatic rings. The van der Waals surface area contributed by atoms with Crippen LogP contribution in [-0.4, -0.2) is 47.0 Å². The molecule has 162 valence electrons. The topological polar surface area (TPSA) is 96.4 Å². The summed E-state index contributed by atoms with van der Waals surface area (Å²) in [4.78, 5) is 10.8. The number of rotatable bonds is 6. The van der Waals surface area contributed by atoms with E-state index in [2.05, 4.69) is 20.8 Å². The van der Waals surface area contributed by atoms with Crippen LogP contribution in [0, 0.1) is 6.92 Å². The van der Waals surface area contributed by atoms with Gasteiger partial charge < -0.3 is 20.5 Å². The molecule has 1 aromatic heterocycles. The fourth-order valence-electron chi connectivity index (χ4n) is 3.52. The van der Waals surface area contributed by atoms with Crippen LogP contribution in [0.2, 0.25) is 0 Å². The molecule has 0 aliphatic carbocycles. The zero-order valence-electron chi connectivity index (χ0n) is 16.6. The van der Waals surface area contributed by atoms with E-state index in [-0.39, 0.29) is 24.3 Å². The minimum Gasteiger partial charge on any atom is -0.496 e. The second-order valence-corrected chi connectivity index (χ2v) is 7.30. The summed E-state index contributed by atoms with van der Waals surface area (Å²) in [5.41, 5.74) is 0.809. The van der Waals surface area contributed by atoms with Gasteiger partial charge in [0.15, 0.2) is 0 Å². The van der Waals surface area contributed by atoms with Crippen molar-refractivity contribution in [3.05, 3.63) is 35.4 Å². The number of piperidine rings is 1. The van der Waals surface area contributed by atoms with Gasteiger partial charge >= 0.3 is 12.1 Å². The van der Waals surface area contributed by atoms with Crippen LogP contribution in [0.3, 0.4) is 0 Å². The van der Waals surface area contributed by atoms with Crippen molar-refractivity contribution in [2.75, 3.05) is 19.0 Å². The van der Waals surface area contributed by atoms with Crippen molar-refractivity contribution in [2.24, 2.45) is 0 Å². The standard InChI is InChI=1S/C20H23F3N4O3/c1-11-7-17(25-14-5-4-13(24-10-14)9-18(28)29)26-27-19(11)15-6-3-12(20(21,22)23)8-16(15)30-2/h3,6-8,13-14,24H,4-5,9-10H2,1-2H3,(H,25,26)(H,28,29)/t13?,14-/m1/s1. The molecular formula is C20H23F3N4O3. The highest BCUT2D eigenvalue weighted by Crippen LogP contribution is 2.37. The first-order chi connectivity index (χ1) is 14.2. The molecule has 1 aromatic carbocycles. The van der Waals surface area contributed by atoms with Crippen molar-refractivity contribution in [1.82, 2.24) is 15.5 Å². The summed E-state index contributed by atoms with van der Waals surface area (Å²) < 4.78 is 44.0. The van der Waals surface area contributed by atoms with Crippen molar-refractivity contribution in [3.8, 4) is 17.0 Å². The zero-order chi connectivity index (χ0) is 21.9. The van der Waals surface area contributed by atoms with E-state index in [0.717, 1.165) is 30.5 Å². The van der Waals surface area contributed by atoms with Crippen molar-refractivity contribution in [3.63, 3.8) is 0 Å². The van der Waals surface area contributed by atoms with Crippen molar-refractivity contribution >= 4 is 11.8 Å². The lowest BCUT2D eigenvalue weighted by atomic mass is 9.98. The van der Waals surface area contributed by atoms with Crippen LogP contribution in [-0.2, 0) is 11.0 Å². The SMILES string of the molecule is COc1cc(C(F)(F)F)ccc1-c1nnc(N[C@@H]2CCC(CC(=O)O)NC2)cc1C. The number of hydrogen-bond donors (Lipinski definition) is 3. The van der Waals surface area contributed by atoms with Crippen LogP contribution < -0.4 is 15.4 Å². The van der Waals surface area contributed by atoms with E-state index in [1.165, 1.54) is 13.2 Å². The molecule has 3 rings (SSSR count). The number of hydrogen-bond acceptors (Lipinski definition) is 6. The summed E-state index contributed by atoms with van der Waals surface area (Å²) in [7, 11) is 1.31. The van der Waals surface area contributed by atoms with Gasteiger partial charge in [0.25, 0.3) is 0 Å². The molecule has 1 saturated heterocycles. The summed E-state index contributed by atoms with van der Waals surface area (Å²) in [6.45, 7) is 2.40. The Bertz CT molecular complexity index is 913. The number of benzene rings is 1. The van der Waals surface area contributed by atoms with E-state index < -0.39 is 17.7 Å². The Hall–Kier alpha value is -2.88. The van der Waals surface area contributed by atoms with Crippen LogP contribution in [0.15, 0.2) is 24.3 Å². The number of methoxy groups -OCH3 is 1. The lowest BCUT2D eigenvalue weighted by Crippen LogP contribution is -2.45. The molecule has 30 heavy (non-hydrogen) atoms. The van der Waals surface area contributed by atoms with E-state index in [1.54, 1.807) is 13.0 Å². The average Bonchev–Trinajstić information content (AvgIpc) is 2.68. The molecule has 2 heterocycles. The van der Waals surface area contributed by atoms with Crippen molar-refractivity contribution in [1.29, 1.82) is 0 Å². The number of anilines is 1. The first-order valence-electron chi connectivity index (χ1n) is 9.49. The molecule has 0 saturated carbocycles.